The fraction of sp³-hybridized carbons (Fsp3) is 0.400. The Morgan fingerprint density at radius 2 is 1.81 bits per heavy atom. The SMILES string of the molecule is Cc1nc(CN(C)Cc2csc(N)n2)cs1. The maximum absolute atomic E-state index is 5.59. The first kappa shape index (κ1) is 11.5. The summed E-state index contributed by atoms with van der Waals surface area (Å²) < 4.78 is 0. The molecule has 0 saturated carbocycles. The van der Waals surface area contributed by atoms with Crippen molar-refractivity contribution in [2.45, 2.75) is 20.0 Å². The molecule has 2 rings (SSSR count). The molecule has 2 N–H and O–H groups in total. The van der Waals surface area contributed by atoms with Crippen LogP contribution in [0.1, 0.15) is 16.4 Å². The maximum atomic E-state index is 5.59. The minimum Gasteiger partial charge on any atom is -0.375 e. The van der Waals surface area contributed by atoms with Crippen LogP contribution in [-0.4, -0.2) is 21.9 Å². The molecule has 0 radical (unpaired) electrons. The maximum Gasteiger partial charge on any atom is 0.180 e. The van der Waals surface area contributed by atoms with Crippen molar-refractivity contribution in [1.29, 1.82) is 0 Å². The summed E-state index contributed by atoms with van der Waals surface area (Å²) in [6.07, 6.45) is 0. The number of anilines is 1. The first-order valence-corrected chi connectivity index (χ1v) is 6.69. The van der Waals surface area contributed by atoms with Crippen LogP contribution in [-0.2, 0) is 13.1 Å². The van der Waals surface area contributed by atoms with Gasteiger partial charge in [0.2, 0.25) is 0 Å². The number of hydrogen-bond donors (Lipinski definition) is 1. The summed E-state index contributed by atoms with van der Waals surface area (Å²) in [5, 5.41) is 5.84. The van der Waals surface area contributed by atoms with Gasteiger partial charge in [-0.1, -0.05) is 0 Å². The Morgan fingerprint density at radius 3 is 2.31 bits per heavy atom. The van der Waals surface area contributed by atoms with Gasteiger partial charge in [-0.15, -0.1) is 22.7 Å². The van der Waals surface area contributed by atoms with Gasteiger partial charge in [0.1, 0.15) is 0 Å². The molecule has 2 heterocycles. The molecule has 16 heavy (non-hydrogen) atoms. The fourth-order valence-corrected chi connectivity index (χ4v) is 2.64. The van der Waals surface area contributed by atoms with Crippen LogP contribution in [0.25, 0.3) is 0 Å². The van der Waals surface area contributed by atoms with Crippen LogP contribution in [0, 0.1) is 6.92 Å². The highest BCUT2D eigenvalue weighted by atomic mass is 32.1. The number of aryl methyl sites for hydroxylation is 1. The normalized spacial score (nSPS) is 11.2. The lowest BCUT2D eigenvalue weighted by molar-refractivity contribution is 0.312. The largest absolute Gasteiger partial charge is 0.375 e. The van der Waals surface area contributed by atoms with Crippen molar-refractivity contribution in [2.24, 2.45) is 0 Å². The van der Waals surface area contributed by atoms with E-state index < -0.39 is 0 Å². The Bertz CT molecular complexity index is 421. The van der Waals surface area contributed by atoms with Crippen molar-refractivity contribution in [1.82, 2.24) is 14.9 Å². The van der Waals surface area contributed by atoms with Crippen LogP contribution in [0.15, 0.2) is 10.8 Å². The van der Waals surface area contributed by atoms with E-state index in [4.69, 9.17) is 5.73 Å². The molecule has 4 nitrogen and oxygen atoms in total. The van der Waals surface area contributed by atoms with E-state index in [0.717, 1.165) is 29.5 Å². The van der Waals surface area contributed by atoms with E-state index in [-0.39, 0.29) is 0 Å². The van der Waals surface area contributed by atoms with Gasteiger partial charge in [-0.05, 0) is 14.0 Å². The Labute approximate surface area is 103 Å². The topological polar surface area (TPSA) is 55.0 Å². The molecule has 0 atom stereocenters. The first-order valence-electron chi connectivity index (χ1n) is 4.93. The average molecular weight is 254 g/mol. The minimum absolute atomic E-state index is 0.632. The molecule has 2 aromatic rings. The molecular weight excluding hydrogens is 240 g/mol. The monoisotopic (exact) mass is 254 g/mol. The van der Waals surface area contributed by atoms with Crippen LogP contribution in [0.2, 0.25) is 0 Å². The second-order valence-corrected chi connectivity index (χ2v) is 5.66. The van der Waals surface area contributed by atoms with Gasteiger partial charge >= 0.3 is 0 Å². The number of nitrogen functional groups attached to an aromatic ring is 1. The van der Waals surface area contributed by atoms with Crippen molar-refractivity contribution in [2.75, 3.05) is 12.8 Å². The lowest BCUT2D eigenvalue weighted by Crippen LogP contribution is -2.17. The second-order valence-electron chi connectivity index (χ2n) is 3.71. The highest BCUT2D eigenvalue weighted by Crippen LogP contribution is 2.14. The quantitative estimate of drug-likeness (QED) is 0.908. The molecule has 0 fully saturated rings. The highest BCUT2D eigenvalue weighted by Gasteiger charge is 2.06. The molecule has 0 saturated heterocycles. The zero-order chi connectivity index (χ0) is 11.5. The van der Waals surface area contributed by atoms with E-state index in [0.29, 0.717) is 5.13 Å². The molecule has 0 aliphatic carbocycles. The fourth-order valence-electron chi connectivity index (χ4n) is 1.49. The van der Waals surface area contributed by atoms with Crippen molar-refractivity contribution in [3.8, 4) is 0 Å². The molecule has 0 bridgehead atoms. The van der Waals surface area contributed by atoms with E-state index in [1.165, 1.54) is 11.3 Å². The Hall–Kier alpha value is -0.980. The van der Waals surface area contributed by atoms with Crippen LogP contribution >= 0.6 is 22.7 Å². The summed E-state index contributed by atoms with van der Waals surface area (Å²) in [5.41, 5.74) is 7.73. The number of rotatable bonds is 4. The minimum atomic E-state index is 0.632. The van der Waals surface area contributed by atoms with Crippen molar-refractivity contribution in [3.05, 3.63) is 27.2 Å². The summed E-state index contributed by atoms with van der Waals surface area (Å²) in [5.74, 6) is 0. The van der Waals surface area contributed by atoms with Crippen molar-refractivity contribution in [3.63, 3.8) is 0 Å². The lowest BCUT2D eigenvalue weighted by Gasteiger charge is -2.13. The number of aromatic nitrogens is 2. The van der Waals surface area contributed by atoms with E-state index in [2.05, 4.69) is 27.3 Å². The Morgan fingerprint density at radius 1 is 1.19 bits per heavy atom. The number of thiazole rings is 2. The standard InChI is InChI=1S/C10H14N4S2/c1-7-12-8(5-15-7)3-14(2)4-9-6-16-10(11)13-9/h5-6H,3-4H2,1-2H3,(H2,11,13). The van der Waals surface area contributed by atoms with Crippen LogP contribution in [0.4, 0.5) is 5.13 Å². The van der Waals surface area contributed by atoms with E-state index >= 15 is 0 Å². The van der Waals surface area contributed by atoms with Gasteiger partial charge in [0.25, 0.3) is 0 Å². The smallest absolute Gasteiger partial charge is 0.180 e. The summed E-state index contributed by atoms with van der Waals surface area (Å²) in [4.78, 5) is 10.8. The molecule has 0 aromatic carbocycles. The molecule has 0 unspecified atom stereocenters. The van der Waals surface area contributed by atoms with Gasteiger partial charge in [0, 0.05) is 23.8 Å². The Kier molecular flexibility index (Phi) is 3.52. The summed E-state index contributed by atoms with van der Waals surface area (Å²) >= 11 is 3.17. The molecule has 0 spiro atoms. The molecule has 0 aliphatic heterocycles. The van der Waals surface area contributed by atoms with Crippen LogP contribution in [0.5, 0.6) is 0 Å². The predicted octanol–water partition coefficient (Wildman–Crippen LogP) is 2.12. The summed E-state index contributed by atoms with van der Waals surface area (Å²) in [7, 11) is 2.06. The van der Waals surface area contributed by atoms with Gasteiger partial charge in [0.05, 0.1) is 16.4 Å². The molecule has 0 amide bonds. The van der Waals surface area contributed by atoms with Gasteiger partial charge in [-0.3, -0.25) is 4.90 Å². The molecular formula is C10H14N4S2. The van der Waals surface area contributed by atoms with Gasteiger partial charge < -0.3 is 5.73 Å². The summed E-state index contributed by atoms with van der Waals surface area (Å²) in [6, 6.07) is 0. The zero-order valence-electron chi connectivity index (χ0n) is 9.30. The third-order valence-corrected chi connectivity index (χ3v) is 3.64. The zero-order valence-corrected chi connectivity index (χ0v) is 10.9. The Balaban J connectivity index is 1.91. The van der Waals surface area contributed by atoms with E-state index in [9.17, 15) is 0 Å². The lowest BCUT2D eigenvalue weighted by atomic mass is 10.4. The molecule has 0 aliphatic rings. The number of hydrogen-bond acceptors (Lipinski definition) is 6. The van der Waals surface area contributed by atoms with Gasteiger partial charge in [0.15, 0.2) is 5.13 Å². The first-order chi connectivity index (χ1) is 7.63. The third-order valence-electron chi connectivity index (χ3n) is 2.10. The average Bonchev–Trinajstić information content (AvgIpc) is 2.76. The van der Waals surface area contributed by atoms with Crippen molar-refractivity contribution < 1.29 is 0 Å². The number of nitrogens with two attached hydrogens (primary N) is 1. The molecule has 6 heteroatoms. The van der Waals surface area contributed by atoms with Gasteiger partial charge in [-0.2, -0.15) is 0 Å². The van der Waals surface area contributed by atoms with Crippen LogP contribution < -0.4 is 5.73 Å². The molecule has 2 aromatic heterocycles. The van der Waals surface area contributed by atoms with Crippen molar-refractivity contribution >= 4 is 27.8 Å². The third kappa shape index (κ3) is 3.01. The highest BCUT2D eigenvalue weighted by molar-refractivity contribution is 7.13. The second kappa shape index (κ2) is 4.90. The van der Waals surface area contributed by atoms with E-state index in [1.807, 2.05) is 12.3 Å². The van der Waals surface area contributed by atoms with E-state index in [1.54, 1.807) is 11.3 Å². The van der Waals surface area contributed by atoms with Gasteiger partial charge in [-0.25, -0.2) is 9.97 Å². The van der Waals surface area contributed by atoms with Crippen LogP contribution in [0.3, 0.4) is 0 Å². The predicted molar refractivity (Wildman–Crippen MR) is 68.5 cm³/mol. The number of nitrogens with zero attached hydrogens (tertiary/aromatic N) is 3. The summed E-state index contributed by atoms with van der Waals surface area (Å²) in [6.45, 7) is 3.68. The molecule has 86 valence electrons.